The smallest absolute Gasteiger partial charge is 0.316 e. The largest absolute Gasteiger partial charge is 0.468 e. The molecule has 2 rings (SSSR count). The lowest BCUT2D eigenvalue weighted by Gasteiger charge is -2.28. The van der Waals surface area contributed by atoms with Gasteiger partial charge in [0.15, 0.2) is 0 Å². The minimum absolute atomic E-state index is 0.0972. The fraction of sp³-hybridized carbons (Fsp3) is 0.818. The molecule has 0 aromatic carbocycles. The van der Waals surface area contributed by atoms with E-state index in [1.165, 1.54) is 26.4 Å². The maximum absolute atomic E-state index is 11.6. The molecular weight excluding hydrogens is 180 g/mol. The summed E-state index contributed by atoms with van der Waals surface area (Å²) >= 11 is 0. The molecule has 0 radical (unpaired) electrons. The summed E-state index contributed by atoms with van der Waals surface area (Å²) in [6, 6.07) is 0. The van der Waals surface area contributed by atoms with Crippen LogP contribution in [0.3, 0.4) is 0 Å². The zero-order valence-electron chi connectivity index (χ0n) is 8.49. The van der Waals surface area contributed by atoms with Crippen LogP contribution in [0, 0.1) is 17.8 Å². The van der Waals surface area contributed by atoms with Crippen molar-refractivity contribution in [2.75, 3.05) is 7.11 Å². The summed E-state index contributed by atoms with van der Waals surface area (Å²) in [5, 5.41) is 0. The first-order valence-electron chi connectivity index (χ1n) is 5.33. The van der Waals surface area contributed by atoms with Gasteiger partial charge >= 0.3 is 5.97 Å². The van der Waals surface area contributed by atoms with Gasteiger partial charge in [0.1, 0.15) is 11.7 Å². The summed E-state index contributed by atoms with van der Waals surface area (Å²) in [5.41, 5.74) is 0. The van der Waals surface area contributed by atoms with Crippen LogP contribution in [0.15, 0.2) is 0 Å². The summed E-state index contributed by atoms with van der Waals surface area (Å²) in [5.74, 6) is 0.458. The molecule has 78 valence electrons. The summed E-state index contributed by atoms with van der Waals surface area (Å²) in [4.78, 5) is 23.0. The highest BCUT2D eigenvalue weighted by Gasteiger charge is 2.41. The van der Waals surface area contributed by atoms with Crippen molar-refractivity contribution in [2.24, 2.45) is 17.8 Å². The van der Waals surface area contributed by atoms with Crippen LogP contribution in [-0.4, -0.2) is 18.9 Å². The summed E-state index contributed by atoms with van der Waals surface area (Å²) in [7, 11) is 1.36. The number of hydrogen-bond donors (Lipinski definition) is 0. The molecule has 2 fully saturated rings. The third-order valence-corrected chi connectivity index (χ3v) is 3.69. The molecule has 3 atom stereocenters. The molecule has 14 heavy (non-hydrogen) atoms. The second-order valence-corrected chi connectivity index (χ2v) is 4.43. The number of Topliss-reactive ketones (excluding diaryl/α,β-unsaturated/α-hetero) is 1. The molecule has 3 heteroatoms. The normalized spacial score (nSPS) is 36.6. The Morgan fingerprint density at radius 1 is 1.36 bits per heavy atom. The van der Waals surface area contributed by atoms with Crippen LogP contribution in [0.25, 0.3) is 0 Å². The molecule has 0 spiro atoms. The van der Waals surface area contributed by atoms with Crippen molar-refractivity contribution >= 4 is 11.8 Å². The first-order chi connectivity index (χ1) is 6.72. The Balaban J connectivity index is 2.06. The predicted octanol–water partition coefficient (Wildman–Crippen LogP) is 1.55. The van der Waals surface area contributed by atoms with E-state index in [1.54, 1.807) is 0 Å². The zero-order chi connectivity index (χ0) is 10.1. The number of methoxy groups -OCH3 is 1. The van der Waals surface area contributed by atoms with Crippen molar-refractivity contribution < 1.29 is 14.3 Å². The molecule has 3 unspecified atom stereocenters. The van der Waals surface area contributed by atoms with Gasteiger partial charge in [-0.25, -0.2) is 0 Å². The molecule has 2 aliphatic rings. The van der Waals surface area contributed by atoms with Crippen LogP contribution in [0.1, 0.15) is 32.1 Å². The molecule has 3 nitrogen and oxygen atoms in total. The SMILES string of the molecule is COC(=O)C1CC2CCCC2CC1=O. The molecule has 0 aromatic rings. The summed E-state index contributed by atoms with van der Waals surface area (Å²) in [6.45, 7) is 0. The third kappa shape index (κ3) is 1.56. The lowest BCUT2D eigenvalue weighted by molar-refractivity contribution is -0.152. The minimum Gasteiger partial charge on any atom is -0.468 e. The van der Waals surface area contributed by atoms with Crippen molar-refractivity contribution in [3.63, 3.8) is 0 Å². The van der Waals surface area contributed by atoms with Gasteiger partial charge in [-0.2, -0.15) is 0 Å². The monoisotopic (exact) mass is 196 g/mol. The van der Waals surface area contributed by atoms with Crippen LogP contribution < -0.4 is 0 Å². The van der Waals surface area contributed by atoms with Gasteiger partial charge in [-0.1, -0.05) is 12.8 Å². The molecular formula is C11H16O3. The third-order valence-electron chi connectivity index (χ3n) is 3.69. The fourth-order valence-corrected chi connectivity index (χ4v) is 2.90. The van der Waals surface area contributed by atoms with Gasteiger partial charge in [-0.05, 0) is 24.7 Å². The van der Waals surface area contributed by atoms with Crippen molar-refractivity contribution in [3.8, 4) is 0 Å². The fourth-order valence-electron chi connectivity index (χ4n) is 2.90. The molecule has 0 saturated heterocycles. The van der Waals surface area contributed by atoms with Gasteiger partial charge in [0.05, 0.1) is 7.11 Å². The van der Waals surface area contributed by atoms with Gasteiger partial charge in [-0.3, -0.25) is 9.59 Å². The highest BCUT2D eigenvalue weighted by atomic mass is 16.5. The molecule has 0 aromatic heterocycles. The van der Waals surface area contributed by atoms with Crippen LogP contribution in [0.4, 0.5) is 0 Å². The maximum atomic E-state index is 11.6. The molecule has 0 bridgehead atoms. The molecule has 2 saturated carbocycles. The van der Waals surface area contributed by atoms with E-state index in [-0.39, 0.29) is 11.8 Å². The Morgan fingerprint density at radius 3 is 2.79 bits per heavy atom. The Bertz CT molecular complexity index is 259. The number of carbonyl (C=O) groups is 2. The van der Waals surface area contributed by atoms with E-state index in [0.717, 1.165) is 6.42 Å². The van der Waals surface area contributed by atoms with Crippen molar-refractivity contribution in [2.45, 2.75) is 32.1 Å². The summed E-state index contributed by atoms with van der Waals surface area (Å²) < 4.78 is 4.65. The maximum Gasteiger partial charge on any atom is 0.316 e. The minimum atomic E-state index is -0.459. The van der Waals surface area contributed by atoms with Crippen LogP contribution in [0.5, 0.6) is 0 Å². The highest BCUT2D eigenvalue weighted by molar-refractivity contribution is 5.99. The zero-order valence-corrected chi connectivity index (χ0v) is 8.49. The van der Waals surface area contributed by atoms with E-state index in [0.29, 0.717) is 18.3 Å². The highest BCUT2D eigenvalue weighted by Crippen LogP contribution is 2.42. The quantitative estimate of drug-likeness (QED) is 0.472. The van der Waals surface area contributed by atoms with Gasteiger partial charge in [0.25, 0.3) is 0 Å². The topological polar surface area (TPSA) is 43.4 Å². The summed E-state index contributed by atoms with van der Waals surface area (Å²) in [6.07, 6.45) is 4.91. The standard InChI is InChI=1S/C11H16O3/c1-14-11(13)9-5-7-3-2-4-8(7)6-10(9)12/h7-9H,2-6H2,1H3. The molecule has 0 amide bonds. The molecule has 2 aliphatic carbocycles. The van der Waals surface area contributed by atoms with Crippen LogP contribution >= 0.6 is 0 Å². The number of hydrogen-bond acceptors (Lipinski definition) is 3. The van der Waals surface area contributed by atoms with E-state index in [9.17, 15) is 9.59 Å². The van der Waals surface area contributed by atoms with Crippen molar-refractivity contribution in [1.29, 1.82) is 0 Å². The van der Waals surface area contributed by atoms with Gasteiger partial charge in [-0.15, -0.1) is 0 Å². The second kappa shape index (κ2) is 3.71. The Kier molecular flexibility index (Phi) is 2.57. The predicted molar refractivity (Wildman–Crippen MR) is 50.6 cm³/mol. The van der Waals surface area contributed by atoms with E-state index in [1.807, 2.05) is 0 Å². The van der Waals surface area contributed by atoms with E-state index < -0.39 is 5.92 Å². The average Bonchev–Trinajstić information content (AvgIpc) is 2.62. The Labute approximate surface area is 83.8 Å². The van der Waals surface area contributed by atoms with Gasteiger partial charge in [0.2, 0.25) is 0 Å². The number of esters is 1. The lowest BCUT2D eigenvalue weighted by Crippen LogP contribution is -2.35. The Morgan fingerprint density at radius 2 is 2.07 bits per heavy atom. The van der Waals surface area contributed by atoms with Gasteiger partial charge < -0.3 is 4.74 Å². The molecule has 0 N–H and O–H groups in total. The van der Waals surface area contributed by atoms with Crippen LogP contribution in [-0.2, 0) is 14.3 Å². The van der Waals surface area contributed by atoms with Gasteiger partial charge in [0, 0.05) is 6.42 Å². The molecule has 0 aliphatic heterocycles. The number of carbonyl (C=O) groups excluding carboxylic acids is 2. The first kappa shape index (κ1) is 9.69. The van der Waals surface area contributed by atoms with E-state index in [4.69, 9.17) is 0 Å². The number of fused-ring (bicyclic) bond motifs is 1. The Hall–Kier alpha value is -0.860. The molecule has 0 heterocycles. The van der Waals surface area contributed by atoms with E-state index in [2.05, 4.69) is 4.74 Å². The number of rotatable bonds is 1. The van der Waals surface area contributed by atoms with Crippen LogP contribution in [0.2, 0.25) is 0 Å². The second-order valence-electron chi connectivity index (χ2n) is 4.43. The average molecular weight is 196 g/mol. The van der Waals surface area contributed by atoms with E-state index >= 15 is 0 Å². The lowest BCUT2D eigenvalue weighted by atomic mass is 9.75. The number of ether oxygens (including phenoxy) is 1. The van der Waals surface area contributed by atoms with Crippen molar-refractivity contribution in [1.82, 2.24) is 0 Å². The first-order valence-corrected chi connectivity index (χ1v) is 5.33. The van der Waals surface area contributed by atoms with Crippen molar-refractivity contribution in [3.05, 3.63) is 0 Å². The number of ketones is 1.